The number of fused-ring (bicyclic) bond motifs is 1. The van der Waals surface area contributed by atoms with Gasteiger partial charge in [0.1, 0.15) is 0 Å². The summed E-state index contributed by atoms with van der Waals surface area (Å²) in [6.45, 7) is 4.80. The number of pyridine rings is 2. The predicted molar refractivity (Wildman–Crippen MR) is 132 cm³/mol. The maximum absolute atomic E-state index is 13.0. The molecule has 12 nitrogen and oxygen atoms in total. The molecule has 1 atom stereocenters. The number of aliphatic hydroxyl groups is 1. The van der Waals surface area contributed by atoms with Crippen molar-refractivity contribution in [3.63, 3.8) is 0 Å². The van der Waals surface area contributed by atoms with Crippen LogP contribution in [0.2, 0.25) is 0 Å². The van der Waals surface area contributed by atoms with Crippen molar-refractivity contribution in [3.05, 3.63) is 54.4 Å². The van der Waals surface area contributed by atoms with Crippen LogP contribution in [0.1, 0.15) is 29.5 Å². The monoisotopic (exact) mass is 489 g/mol. The van der Waals surface area contributed by atoms with E-state index in [-0.39, 0.29) is 18.1 Å². The third kappa shape index (κ3) is 4.95. The van der Waals surface area contributed by atoms with E-state index in [1.54, 1.807) is 47.6 Å². The minimum Gasteiger partial charge on any atom is -0.389 e. The second kappa shape index (κ2) is 9.13. The van der Waals surface area contributed by atoms with Crippen molar-refractivity contribution in [2.75, 3.05) is 30.3 Å². The highest BCUT2D eigenvalue weighted by Gasteiger charge is 2.32. The summed E-state index contributed by atoms with van der Waals surface area (Å²) in [5.41, 5.74) is 3.28. The number of aryl methyl sites for hydroxylation is 2. The lowest BCUT2D eigenvalue weighted by atomic mass is 10.1. The van der Waals surface area contributed by atoms with Crippen molar-refractivity contribution in [2.24, 2.45) is 7.05 Å². The number of carbonyl (C=O) groups is 2. The van der Waals surface area contributed by atoms with E-state index in [1.807, 2.05) is 24.2 Å². The molecule has 0 bridgehead atoms. The highest BCUT2D eigenvalue weighted by atomic mass is 16.3. The lowest BCUT2D eigenvalue weighted by molar-refractivity contribution is -0.117. The Hall–Kier alpha value is -4.16. The number of amides is 2. The molecule has 186 valence electrons. The lowest BCUT2D eigenvalue weighted by Crippen LogP contribution is -2.35. The summed E-state index contributed by atoms with van der Waals surface area (Å²) in [4.78, 5) is 31.7. The van der Waals surface area contributed by atoms with Gasteiger partial charge in [-0.05, 0) is 32.4 Å². The summed E-state index contributed by atoms with van der Waals surface area (Å²) in [7, 11) is 1.84. The van der Waals surface area contributed by atoms with Gasteiger partial charge in [0.25, 0.3) is 5.91 Å². The maximum atomic E-state index is 13.0. The van der Waals surface area contributed by atoms with Gasteiger partial charge in [0, 0.05) is 43.7 Å². The maximum Gasteiger partial charge on any atom is 0.278 e. The first kappa shape index (κ1) is 23.6. The van der Waals surface area contributed by atoms with Gasteiger partial charge >= 0.3 is 0 Å². The third-order valence-electron chi connectivity index (χ3n) is 6.18. The van der Waals surface area contributed by atoms with E-state index in [0.717, 1.165) is 11.1 Å². The molecule has 1 aliphatic rings. The largest absolute Gasteiger partial charge is 0.389 e. The van der Waals surface area contributed by atoms with E-state index < -0.39 is 11.5 Å². The first-order valence-electron chi connectivity index (χ1n) is 11.5. The zero-order valence-corrected chi connectivity index (χ0v) is 20.3. The Kier molecular flexibility index (Phi) is 5.98. The molecule has 5 rings (SSSR count). The van der Waals surface area contributed by atoms with Crippen LogP contribution in [0.4, 0.5) is 11.4 Å². The summed E-state index contributed by atoms with van der Waals surface area (Å²) in [5.74, 6) is -0.656. The zero-order valence-electron chi connectivity index (χ0n) is 20.3. The van der Waals surface area contributed by atoms with Crippen LogP contribution in [0.3, 0.4) is 0 Å². The second-order valence-corrected chi connectivity index (χ2v) is 9.41. The first-order valence-corrected chi connectivity index (χ1v) is 11.5. The Morgan fingerprint density at radius 3 is 2.72 bits per heavy atom. The van der Waals surface area contributed by atoms with Gasteiger partial charge in [0.15, 0.2) is 5.69 Å². The van der Waals surface area contributed by atoms with E-state index in [4.69, 9.17) is 0 Å². The Morgan fingerprint density at radius 2 is 2.00 bits per heavy atom. The molecule has 0 spiro atoms. The molecule has 3 N–H and O–H groups in total. The number of rotatable bonds is 6. The molecule has 12 heteroatoms. The van der Waals surface area contributed by atoms with Crippen molar-refractivity contribution < 1.29 is 14.7 Å². The fourth-order valence-corrected chi connectivity index (χ4v) is 4.28. The van der Waals surface area contributed by atoms with Crippen molar-refractivity contribution in [1.82, 2.24) is 34.5 Å². The molecular weight excluding hydrogens is 462 g/mol. The molecule has 1 unspecified atom stereocenters. The number of likely N-dealkylation sites (tertiary alicyclic amines) is 1. The van der Waals surface area contributed by atoms with E-state index >= 15 is 0 Å². The summed E-state index contributed by atoms with van der Waals surface area (Å²) >= 11 is 0. The number of aromatic nitrogens is 6. The molecule has 1 saturated heterocycles. The number of hydrogen-bond donors (Lipinski definition) is 3. The van der Waals surface area contributed by atoms with Crippen LogP contribution in [-0.4, -0.2) is 76.6 Å². The van der Waals surface area contributed by atoms with Crippen molar-refractivity contribution in [1.29, 1.82) is 0 Å². The number of β-amino-alcohol motifs (C(OH)–C–C–N with tert-alkyl or cyclic N) is 1. The predicted octanol–water partition coefficient (Wildman–Crippen LogP) is 1.48. The average Bonchev–Trinajstić information content (AvgIpc) is 3.53. The third-order valence-corrected chi connectivity index (χ3v) is 6.18. The molecule has 1 aliphatic heterocycles. The van der Waals surface area contributed by atoms with Crippen molar-refractivity contribution in [2.45, 2.75) is 25.9 Å². The quantitative estimate of drug-likeness (QED) is 0.370. The van der Waals surface area contributed by atoms with Crippen molar-refractivity contribution in [3.8, 4) is 11.1 Å². The lowest BCUT2D eigenvalue weighted by Gasteiger charge is -2.18. The summed E-state index contributed by atoms with van der Waals surface area (Å²) in [6.07, 6.45) is 7.60. The minimum atomic E-state index is -0.768. The molecule has 2 amide bonds. The fraction of sp³-hybridized carbons (Fsp3) is 0.333. The van der Waals surface area contributed by atoms with Gasteiger partial charge in [0.2, 0.25) is 5.91 Å². The normalized spacial score (nSPS) is 18.0. The molecule has 0 radical (unpaired) electrons. The van der Waals surface area contributed by atoms with Gasteiger partial charge in [-0.15, -0.1) is 5.10 Å². The molecule has 4 aromatic heterocycles. The molecule has 0 saturated carbocycles. The highest BCUT2D eigenvalue weighted by Crippen LogP contribution is 2.23. The van der Waals surface area contributed by atoms with Gasteiger partial charge in [-0.3, -0.25) is 24.2 Å². The van der Waals surface area contributed by atoms with Gasteiger partial charge in [-0.1, -0.05) is 11.3 Å². The van der Waals surface area contributed by atoms with Crippen LogP contribution < -0.4 is 10.6 Å². The first-order chi connectivity index (χ1) is 17.2. The minimum absolute atomic E-state index is 0.166. The smallest absolute Gasteiger partial charge is 0.278 e. The fourth-order valence-electron chi connectivity index (χ4n) is 4.28. The molecule has 4 aromatic rings. The number of nitrogens with zero attached hydrogens (tertiary/aromatic N) is 7. The highest BCUT2D eigenvalue weighted by molar-refractivity contribution is 6.08. The summed E-state index contributed by atoms with van der Waals surface area (Å²) < 4.78 is 3.26. The Bertz CT molecular complexity index is 1460. The second-order valence-electron chi connectivity index (χ2n) is 9.41. The number of hydrogen-bond acceptors (Lipinski definition) is 8. The Balaban J connectivity index is 1.28. The van der Waals surface area contributed by atoms with Crippen LogP contribution >= 0.6 is 0 Å². The van der Waals surface area contributed by atoms with E-state index in [9.17, 15) is 14.7 Å². The van der Waals surface area contributed by atoms with E-state index in [1.165, 1.54) is 6.20 Å². The van der Waals surface area contributed by atoms with Gasteiger partial charge in [-0.25, -0.2) is 4.52 Å². The van der Waals surface area contributed by atoms with E-state index in [2.05, 4.69) is 31.0 Å². The van der Waals surface area contributed by atoms with Crippen LogP contribution in [-0.2, 0) is 11.8 Å². The number of nitrogens with one attached hydrogen (secondary N) is 2. The molecule has 36 heavy (non-hydrogen) atoms. The van der Waals surface area contributed by atoms with Crippen LogP contribution in [0.5, 0.6) is 0 Å². The van der Waals surface area contributed by atoms with Gasteiger partial charge in [0.05, 0.1) is 47.1 Å². The summed E-state index contributed by atoms with van der Waals surface area (Å²) in [5, 5.41) is 28.1. The van der Waals surface area contributed by atoms with Gasteiger partial charge in [-0.2, -0.15) is 5.10 Å². The average molecular weight is 490 g/mol. The van der Waals surface area contributed by atoms with E-state index in [0.29, 0.717) is 42.1 Å². The Labute approximate surface area is 206 Å². The Morgan fingerprint density at radius 1 is 1.17 bits per heavy atom. The SMILES string of the molecule is Cc1ncc(NC(=O)CN2CCC(C)(O)C2)cc1NC(=O)c1nnn2cc(-c3cnn(C)c3)ccc12. The standard InChI is InChI=1S/C24H27N9O3/c1-15-19(8-18(10-25-15)27-21(34)13-32-7-6-24(2,36)14-32)28-23(35)22-20-5-4-16(12-33(20)30-29-22)17-9-26-31(3)11-17/h4-5,8-12,36H,6-7,13-14H2,1-3H3,(H,27,34)(H,28,35). The van der Waals surface area contributed by atoms with Crippen LogP contribution in [0, 0.1) is 6.92 Å². The summed E-state index contributed by atoms with van der Waals surface area (Å²) in [6, 6.07) is 5.33. The molecule has 1 fully saturated rings. The number of anilines is 2. The number of carbonyl (C=O) groups excluding carboxylic acids is 2. The van der Waals surface area contributed by atoms with Crippen LogP contribution in [0.25, 0.3) is 16.6 Å². The molecular formula is C24H27N9O3. The molecule has 0 aliphatic carbocycles. The van der Waals surface area contributed by atoms with Gasteiger partial charge < -0.3 is 15.7 Å². The molecule has 5 heterocycles. The van der Waals surface area contributed by atoms with Crippen LogP contribution in [0.15, 0.2) is 43.0 Å². The molecule has 0 aromatic carbocycles. The van der Waals surface area contributed by atoms with Crippen molar-refractivity contribution >= 4 is 28.7 Å². The zero-order chi connectivity index (χ0) is 25.4. The topological polar surface area (TPSA) is 143 Å².